The lowest BCUT2D eigenvalue weighted by atomic mass is 10.1. The number of carbonyl (C=O) groups excluding carboxylic acids is 2. The smallest absolute Gasteiger partial charge is 0.271 e. The fourth-order valence-electron chi connectivity index (χ4n) is 3.32. The summed E-state index contributed by atoms with van der Waals surface area (Å²) in [5, 5.41) is 6.89. The van der Waals surface area contributed by atoms with Crippen LogP contribution in [0.15, 0.2) is 77.9 Å². The first-order chi connectivity index (χ1) is 15.5. The third kappa shape index (κ3) is 5.82. The van der Waals surface area contributed by atoms with Crippen molar-refractivity contribution >= 4 is 29.4 Å². The zero-order valence-corrected chi connectivity index (χ0v) is 18.6. The van der Waals surface area contributed by atoms with Gasteiger partial charge in [-0.05, 0) is 74.4 Å². The molecule has 3 rings (SSSR count). The number of amides is 2. The van der Waals surface area contributed by atoms with E-state index in [9.17, 15) is 9.59 Å². The maximum atomic E-state index is 12.4. The number of aryl methyl sites for hydroxylation is 1. The van der Waals surface area contributed by atoms with Crippen molar-refractivity contribution in [1.29, 1.82) is 0 Å². The topological polar surface area (TPSA) is 73.8 Å². The highest BCUT2D eigenvalue weighted by Crippen LogP contribution is 2.15. The van der Waals surface area contributed by atoms with Crippen molar-refractivity contribution in [2.24, 2.45) is 5.10 Å². The molecule has 2 N–H and O–H groups in total. The molecular formula is C26H28N4O2. The number of hydrogen-bond acceptors (Lipinski definition) is 4. The molecule has 0 atom stereocenters. The lowest BCUT2D eigenvalue weighted by molar-refractivity contribution is 0.0954. The van der Waals surface area contributed by atoms with E-state index in [1.165, 1.54) is 0 Å². The second-order valence-electron chi connectivity index (χ2n) is 7.31. The second kappa shape index (κ2) is 10.9. The molecule has 0 radical (unpaired) electrons. The molecule has 3 aromatic carbocycles. The van der Waals surface area contributed by atoms with Gasteiger partial charge in [0.25, 0.3) is 11.8 Å². The summed E-state index contributed by atoms with van der Waals surface area (Å²) in [6, 6.07) is 22.1. The quantitative estimate of drug-likeness (QED) is 0.398. The average Bonchev–Trinajstić information content (AvgIpc) is 2.81. The Morgan fingerprint density at radius 1 is 0.875 bits per heavy atom. The summed E-state index contributed by atoms with van der Waals surface area (Å²) in [5.41, 5.74) is 7.18. The molecule has 164 valence electrons. The summed E-state index contributed by atoms with van der Waals surface area (Å²) in [4.78, 5) is 27.0. The third-order valence-corrected chi connectivity index (χ3v) is 5.20. The zero-order chi connectivity index (χ0) is 22.9. The van der Waals surface area contributed by atoms with Gasteiger partial charge in [-0.25, -0.2) is 5.43 Å². The predicted octanol–water partition coefficient (Wildman–Crippen LogP) is 4.86. The van der Waals surface area contributed by atoms with Crippen molar-refractivity contribution in [3.05, 3.63) is 95.1 Å². The average molecular weight is 429 g/mol. The number of hydrazone groups is 1. The number of anilines is 2. The number of carbonyl (C=O) groups is 2. The Balaban J connectivity index is 1.55. The van der Waals surface area contributed by atoms with Crippen LogP contribution in [0, 0.1) is 6.92 Å². The minimum Gasteiger partial charge on any atom is -0.372 e. The molecule has 0 aliphatic carbocycles. The van der Waals surface area contributed by atoms with Crippen molar-refractivity contribution in [3.63, 3.8) is 0 Å². The molecule has 6 heteroatoms. The van der Waals surface area contributed by atoms with E-state index in [2.05, 4.69) is 34.6 Å². The highest BCUT2D eigenvalue weighted by Gasteiger charge is 2.09. The van der Waals surface area contributed by atoms with Crippen LogP contribution >= 0.6 is 0 Å². The Kier molecular flexibility index (Phi) is 7.75. The fraction of sp³-hybridized carbons (Fsp3) is 0.192. The summed E-state index contributed by atoms with van der Waals surface area (Å²) in [6.07, 6.45) is 1.61. The van der Waals surface area contributed by atoms with Crippen LogP contribution in [-0.2, 0) is 0 Å². The van der Waals surface area contributed by atoms with Gasteiger partial charge >= 0.3 is 0 Å². The maximum Gasteiger partial charge on any atom is 0.271 e. The SMILES string of the molecule is CCN(CC)c1ccc(C=NNC(=O)c2ccc(NC(=O)c3ccccc3C)cc2)cc1. The molecule has 32 heavy (non-hydrogen) atoms. The summed E-state index contributed by atoms with van der Waals surface area (Å²) < 4.78 is 0. The number of benzene rings is 3. The highest BCUT2D eigenvalue weighted by molar-refractivity contribution is 6.05. The van der Waals surface area contributed by atoms with E-state index in [1.807, 2.05) is 49.4 Å². The molecule has 2 amide bonds. The summed E-state index contributed by atoms with van der Waals surface area (Å²) in [7, 11) is 0. The summed E-state index contributed by atoms with van der Waals surface area (Å²) in [6.45, 7) is 8.04. The standard InChI is InChI=1S/C26H28N4O2/c1-4-30(5-2)23-16-10-20(11-17-23)18-27-29-25(31)21-12-14-22(15-13-21)28-26(32)24-9-7-6-8-19(24)3/h6-18H,4-5H2,1-3H3,(H,28,32)(H,29,31). The normalized spacial score (nSPS) is 10.7. The Bertz CT molecular complexity index is 1090. The first kappa shape index (κ1) is 22.7. The van der Waals surface area contributed by atoms with Crippen molar-refractivity contribution in [2.45, 2.75) is 20.8 Å². The number of hydrogen-bond donors (Lipinski definition) is 2. The lowest BCUT2D eigenvalue weighted by Crippen LogP contribution is -2.21. The lowest BCUT2D eigenvalue weighted by Gasteiger charge is -2.20. The third-order valence-electron chi connectivity index (χ3n) is 5.20. The van der Waals surface area contributed by atoms with Crippen LogP contribution in [-0.4, -0.2) is 31.1 Å². The minimum absolute atomic E-state index is 0.183. The van der Waals surface area contributed by atoms with Crippen LogP contribution in [0.25, 0.3) is 0 Å². The van der Waals surface area contributed by atoms with E-state index in [-0.39, 0.29) is 11.8 Å². The summed E-state index contributed by atoms with van der Waals surface area (Å²) >= 11 is 0. The van der Waals surface area contributed by atoms with E-state index < -0.39 is 0 Å². The molecule has 3 aromatic rings. The fourth-order valence-corrected chi connectivity index (χ4v) is 3.32. The van der Waals surface area contributed by atoms with Gasteiger partial charge in [-0.1, -0.05) is 30.3 Å². The van der Waals surface area contributed by atoms with Crippen molar-refractivity contribution in [1.82, 2.24) is 5.43 Å². The van der Waals surface area contributed by atoms with E-state index in [4.69, 9.17) is 0 Å². The molecule has 0 aliphatic rings. The molecule has 0 saturated heterocycles. The molecule has 0 spiro atoms. The Morgan fingerprint density at radius 3 is 2.16 bits per heavy atom. The number of nitrogens with one attached hydrogen (secondary N) is 2. The van der Waals surface area contributed by atoms with E-state index in [0.717, 1.165) is 29.9 Å². The van der Waals surface area contributed by atoms with E-state index in [1.54, 1.807) is 36.5 Å². The first-order valence-electron chi connectivity index (χ1n) is 10.7. The van der Waals surface area contributed by atoms with Crippen LogP contribution in [0.3, 0.4) is 0 Å². The van der Waals surface area contributed by atoms with Crippen LogP contribution in [0.5, 0.6) is 0 Å². The van der Waals surface area contributed by atoms with Gasteiger partial charge in [-0.3, -0.25) is 9.59 Å². The zero-order valence-electron chi connectivity index (χ0n) is 18.6. The Labute approximate surface area is 189 Å². The first-order valence-corrected chi connectivity index (χ1v) is 10.7. The number of nitrogens with zero attached hydrogens (tertiary/aromatic N) is 2. The molecule has 0 aliphatic heterocycles. The van der Waals surface area contributed by atoms with Crippen LogP contribution in [0.2, 0.25) is 0 Å². The van der Waals surface area contributed by atoms with Crippen LogP contribution in [0.4, 0.5) is 11.4 Å². The van der Waals surface area contributed by atoms with E-state index in [0.29, 0.717) is 16.8 Å². The molecule has 0 heterocycles. The maximum absolute atomic E-state index is 12.4. The van der Waals surface area contributed by atoms with Crippen molar-refractivity contribution in [3.8, 4) is 0 Å². The minimum atomic E-state index is -0.321. The second-order valence-corrected chi connectivity index (χ2v) is 7.31. The van der Waals surface area contributed by atoms with Gasteiger partial charge in [0, 0.05) is 35.6 Å². The molecule has 0 bridgehead atoms. The molecule has 0 saturated carbocycles. The van der Waals surface area contributed by atoms with Crippen molar-refractivity contribution in [2.75, 3.05) is 23.3 Å². The van der Waals surface area contributed by atoms with Gasteiger partial charge in [0.15, 0.2) is 0 Å². The monoisotopic (exact) mass is 428 g/mol. The van der Waals surface area contributed by atoms with Gasteiger partial charge < -0.3 is 10.2 Å². The van der Waals surface area contributed by atoms with Crippen molar-refractivity contribution < 1.29 is 9.59 Å². The Morgan fingerprint density at radius 2 is 1.53 bits per heavy atom. The van der Waals surface area contributed by atoms with Gasteiger partial charge in [-0.15, -0.1) is 0 Å². The van der Waals surface area contributed by atoms with Gasteiger partial charge in [0.05, 0.1) is 6.21 Å². The molecule has 6 nitrogen and oxygen atoms in total. The van der Waals surface area contributed by atoms with Crippen LogP contribution in [0.1, 0.15) is 45.7 Å². The van der Waals surface area contributed by atoms with Gasteiger partial charge in [0.2, 0.25) is 0 Å². The molecule has 0 aromatic heterocycles. The Hall–Kier alpha value is -3.93. The molecule has 0 unspecified atom stereocenters. The molecule has 0 fully saturated rings. The van der Waals surface area contributed by atoms with Gasteiger partial charge in [-0.2, -0.15) is 5.10 Å². The molecular weight excluding hydrogens is 400 g/mol. The van der Waals surface area contributed by atoms with Crippen LogP contribution < -0.4 is 15.6 Å². The largest absolute Gasteiger partial charge is 0.372 e. The highest BCUT2D eigenvalue weighted by atomic mass is 16.2. The number of rotatable bonds is 8. The van der Waals surface area contributed by atoms with E-state index >= 15 is 0 Å². The predicted molar refractivity (Wildman–Crippen MR) is 131 cm³/mol. The van der Waals surface area contributed by atoms with Gasteiger partial charge in [0.1, 0.15) is 0 Å². The summed E-state index contributed by atoms with van der Waals surface area (Å²) in [5.74, 6) is -0.505.